The maximum atomic E-state index is 12.4. The lowest BCUT2D eigenvalue weighted by molar-refractivity contribution is -0.156. The number of esters is 1. The second-order valence-electron chi connectivity index (χ2n) is 7.27. The molecule has 1 aliphatic heterocycles. The molecule has 0 unspecified atom stereocenters. The minimum atomic E-state index is -0.544. The molecule has 0 N–H and O–H groups in total. The first-order valence-electron chi connectivity index (χ1n) is 9.79. The summed E-state index contributed by atoms with van der Waals surface area (Å²) in [6, 6.07) is 17.9. The van der Waals surface area contributed by atoms with Crippen LogP contribution in [-0.4, -0.2) is 42.1 Å². The molecule has 2 aromatic carbocycles. The van der Waals surface area contributed by atoms with Crippen molar-refractivity contribution in [2.45, 2.75) is 45.2 Å². The topological polar surface area (TPSA) is 55.8 Å². The Hall–Kier alpha value is -2.82. The summed E-state index contributed by atoms with van der Waals surface area (Å²) < 4.78 is 10.6. The SMILES string of the molecule is C[C@H]1CCC[C@H](C)N1C(=O)COC(=O)COc1ccc(-c2ccccc2)cc1. The first-order chi connectivity index (χ1) is 13.5. The molecular formula is C23H27NO4. The van der Waals surface area contributed by atoms with E-state index >= 15 is 0 Å². The van der Waals surface area contributed by atoms with E-state index in [1.807, 2.05) is 73.3 Å². The van der Waals surface area contributed by atoms with E-state index in [1.165, 1.54) is 0 Å². The number of benzene rings is 2. The molecule has 0 saturated carbocycles. The van der Waals surface area contributed by atoms with Crippen LogP contribution in [0, 0.1) is 0 Å². The number of hydrogen-bond donors (Lipinski definition) is 0. The van der Waals surface area contributed by atoms with Crippen molar-refractivity contribution in [3.63, 3.8) is 0 Å². The zero-order valence-electron chi connectivity index (χ0n) is 16.5. The summed E-state index contributed by atoms with van der Waals surface area (Å²) in [5.41, 5.74) is 2.19. The average Bonchev–Trinajstić information content (AvgIpc) is 2.71. The van der Waals surface area contributed by atoms with E-state index in [0.717, 1.165) is 30.4 Å². The van der Waals surface area contributed by atoms with Crippen LogP contribution in [-0.2, 0) is 14.3 Å². The van der Waals surface area contributed by atoms with Crippen LogP contribution in [0.5, 0.6) is 5.75 Å². The van der Waals surface area contributed by atoms with Gasteiger partial charge in [-0.3, -0.25) is 4.79 Å². The Kier molecular flexibility index (Phi) is 6.69. The predicted octanol–water partition coefficient (Wildman–Crippen LogP) is 4.07. The van der Waals surface area contributed by atoms with Gasteiger partial charge in [-0.05, 0) is 56.4 Å². The summed E-state index contributed by atoms with van der Waals surface area (Å²) in [7, 11) is 0. The molecular weight excluding hydrogens is 354 g/mol. The Morgan fingerprint density at radius 3 is 2.14 bits per heavy atom. The molecule has 2 atom stereocenters. The van der Waals surface area contributed by atoms with Crippen LogP contribution in [0.2, 0.25) is 0 Å². The van der Waals surface area contributed by atoms with Crippen molar-refractivity contribution in [1.82, 2.24) is 4.90 Å². The molecule has 5 nitrogen and oxygen atoms in total. The predicted molar refractivity (Wildman–Crippen MR) is 108 cm³/mol. The number of piperidine rings is 1. The normalized spacial score (nSPS) is 19.1. The van der Waals surface area contributed by atoms with E-state index < -0.39 is 5.97 Å². The van der Waals surface area contributed by atoms with Gasteiger partial charge in [0.15, 0.2) is 13.2 Å². The summed E-state index contributed by atoms with van der Waals surface area (Å²) in [5, 5.41) is 0. The highest BCUT2D eigenvalue weighted by atomic mass is 16.6. The minimum Gasteiger partial charge on any atom is -0.482 e. The Labute approximate surface area is 166 Å². The van der Waals surface area contributed by atoms with Crippen molar-refractivity contribution >= 4 is 11.9 Å². The molecule has 1 aliphatic rings. The summed E-state index contributed by atoms with van der Waals surface area (Å²) in [6.45, 7) is 3.63. The monoisotopic (exact) mass is 381 g/mol. The molecule has 1 fully saturated rings. The molecule has 2 aromatic rings. The lowest BCUT2D eigenvalue weighted by atomic mass is 9.97. The summed E-state index contributed by atoms with van der Waals surface area (Å²) in [5.74, 6) is -0.0979. The van der Waals surface area contributed by atoms with Crippen LogP contribution in [0.15, 0.2) is 54.6 Å². The van der Waals surface area contributed by atoms with E-state index in [0.29, 0.717) is 5.75 Å². The van der Waals surface area contributed by atoms with Gasteiger partial charge in [-0.25, -0.2) is 4.79 Å². The van der Waals surface area contributed by atoms with Crippen LogP contribution >= 0.6 is 0 Å². The lowest BCUT2D eigenvalue weighted by Crippen LogP contribution is -2.49. The van der Waals surface area contributed by atoms with Gasteiger partial charge in [0.25, 0.3) is 5.91 Å². The molecule has 148 valence electrons. The molecule has 1 heterocycles. The van der Waals surface area contributed by atoms with Crippen molar-refractivity contribution in [2.75, 3.05) is 13.2 Å². The zero-order valence-corrected chi connectivity index (χ0v) is 16.5. The fraction of sp³-hybridized carbons (Fsp3) is 0.391. The summed E-state index contributed by atoms with van der Waals surface area (Å²) in [4.78, 5) is 26.1. The van der Waals surface area contributed by atoms with Crippen LogP contribution in [0.4, 0.5) is 0 Å². The largest absolute Gasteiger partial charge is 0.482 e. The Bertz CT molecular complexity index is 778. The number of carbonyl (C=O) groups is 2. The van der Waals surface area contributed by atoms with E-state index in [9.17, 15) is 9.59 Å². The second-order valence-corrected chi connectivity index (χ2v) is 7.27. The maximum Gasteiger partial charge on any atom is 0.344 e. The van der Waals surface area contributed by atoms with E-state index in [2.05, 4.69) is 0 Å². The molecule has 1 saturated heterocycles. The second kappa shape index (κ2) is 9.40. The third-order valence-corrected chi connectivity index (χ3v) is 5.16. The highest BCUT2D eigenvalue weighted by Crippen LogP contribution is 2.23. The Morgan fingerprint density at radius 1 is 0.893 bits per heavy atom. The van der Waals surface area contributed by atoms with Gasteiger partial charge in [0.2, 0.25) is 0 Å². The standard InChI is InChI=1S/C23H27NO4/c1-17-7-6-8-18(2)24(17)22(25)15-28-23(26)16-27-21-13-11-20(12-14-21)19-9-4-3-5-10-19/h3-5,9-14,17-18H,6-8,15-16H2,1-2H3/t17-,18-/m0/s1. The lowest BCUT2D eigenvalue weighted by Gasteiger charge is -2.38. The molecule has 0 aliphatic carbocycles. The van der Waals surface area contributed by atoms with Gasteiger partial charge in [-0.1, -0.05) is 42.5 Å². The number of amides is 1. The van der Waals surface area contributed by atoms with Gasteiger partial charge in [-0.15, -0.1) is 0 Å². The van der Waals surface area contributed by atoms with E-state index in [4.69, 9.17) is 9.47 Å². The summed E-state index contributed by atoms with van der Waals surface area (Å²) in [6.07, 6.45) is 3.11. The van der Waals surface area contributed by atoms with Gasteiger partial charge in [0.05, 0.1) is 0 Å². The first-order valence-corrected chi connectivity index (χ1v) is 9.79. The fourth-order valence-corrected chi connectivity index (χ4v) is 3.69. The van der Waals surface area contributed by atoms with Gasteiger partial charge >= 0.3 is 5.97 Å². The third kappa shape index (κ3) is 5.12. The fourth-order valence-electron chi connectivity index (χ4n) is 3.69. The molecule has 0 radical (unpaired) electrons. The molecule has 5 heteroatoms. The molecule has 0 aromatic heterocycles. The van der Waals surface area contributed by atoms with Gasteiger partial charge in [-0.2, -0.15) is 0 Å². The summed E-state index contributed by atoms with van der Waals surface area (Å²) >= 11 is 0. The number of nitrogens with zero attached hydrogens (tertiary/aromatic N) is 1. The van der Waals surface area contributed by atoms with Crippen LogP contribution in [0.25, 0.3) is 11.1 Å². The van der Waals surface area contributed by atoms with Crippen molar-refractivity contribution in [3.05, 3.63) is 54.6 Å². The van der Waals surface area contributed by atoms with Crippen molar-refractivity contribution in [2.24, 2.45) is 0 Å². The van der Waals surface area contributed by atoms with Crippen molar-refractivity contribution < 1.29 is 19.1 Å². The molecule has 0 bridgehead atoms. The van der Waals surface area contributed by atoms with Crippen LogP contribution < -0.4 is 4.74 Å². The number of rotatable bonds is 6. The average molecular weight is 381 g/mol. The van der Waals surface area contributed by atoms with Gasteiger partial charge in [0.1, 0.15) is 5.75 Å². The quantitative estimate of drug-likeness (QED) is 0.708. The van der Waals surface area contributed by atoms with Gasteiger partial charge in [0, 0.05) is 12.1 Å². The van der Waals surface area contributed by atoms with Crippen molar-refractivity contribution in [3.8, 4) is 16.9 Å². The maximum absolute atomic E-state index is 12.4. The zero-order chi connectivity index (χ0) is 19.9. The number of ether oxygens (including phenoxy) is 2. The van der Waals surface area contributed by atoms with Crippen molar-refractivity contribution in [1.29, 1.82) is 0 Å². The minimum absolute atomic E-state index is 0.139. The van der Waals surface area contributed by atoms with Crippen LogP contribution in [0.3, 0.4) is 0 Å². The third-order valence-electron chi connectivity index (χ3n) is 5.16. The van der Waals surface area contributed by atoms with Gasteiger partial charge < -0.3 is 14.4 Å². The molecule has 0 spiro atoms. The molecule has 3 rings (SSSR count). The van der Waals surface area contributed by atoms with Crippen LogP contribution in [0.1, 0.15) is 33.1 Å². The number of likely N-dealkylation sites (tertiary alicyclic amines) is 1. The number of carbonyl (C=O) groups excluding carboxylic acids is 2. The highest BCUT2D eigenvalue weighted by Gasteiger charge is 2.29. The van der Waals surface area contributed by atoms with E-state index in [1.54, 1.807) is 0 Å². The highest BCUT2D eigenvalue weighted by molar-refractivity contribution is 5.81. The smallest absolute Gasteiger partial charge is 0.344 e. The number of hydrogen-bond acceptors (Lipinski definition) is 4. The molecule has 28 heavy (non-hydrogen) atoms. The Morgan fingerprint density at radius 2 is 1.50 bits per heavy atom. The van der Waals surface area contributed by atoms with E-state index in [-0.39, 0.29) is 31.2 Å². The molecule has 1 amide bonds. The Balaban J connectivity index is 1.45. The first kappa shape index (κ1) is 19.9.